The van der Waals surface area contributed by atoms with E-state index >= 15 is 0 Å². The Labute approximate surface area is 167 Å². The molecule has 2 heterocycles. The molecule has 2 N–H and O–H groups in total. The number of carbonyl (C=O) groups excluding carboxylic acids is 1. The van der Waals surface area contributed by atoms with Crippen LogP contribution in [0.5, 0.6) is 0 Å². The maximum atomic E-state index is 11.5. The van der Waals surface area contributed by atoms with E-state index in [1.54, 1.807) is 0 Å². The normalized spacial score (nSPS) is 13.1. The van der Waals surface area contributed by atoms with Crippen molar-refractivity contribution >= 4 is 5.91 Å². The highest BCUT2D eigenvalue weighted by Gasteiger charge is 2.18. The van der Waals surface area contributed by atoms with Crippen LogP contribution in [-0.2, 0) is 11.3 Å². The number of carbonyl (C=O) groups is 1. The number of hydrogen-bond acceptors (Lipinski definition) is 2. The topological polar surface area (TPSA) is 59.9 Å². The first kappa shape index (κ1) is 19.7. The zero-order valence-electron chi connectivity index (χ0n) is 16.6. The highest BCUT2D eigenvalue weighted by Crippen LogP contribution is 2.25. The van der Waals surface area contributed by atoms with E-state index < -0.39 is 0 Å². The molecular formula is C24H28N3O+. The summed E-state index contributed by atoms with van der Waals surface area (Å²) in [5.74, 6) is 0.0699. The van der Waals surface area contributed by atoms with Crippen molar-refractivity contribution in [3.05, 3.63) is 84.4 Å². The lowest BCUT2D eigenvalue weighted by atomic mass is 9.88. The van der Waals surface area contributed by atoms with E-state index in [-0.39, 0.29) is 11.8 Å². The molecule has 0 aliphatic carbocycles. The van der Waals surface area contributed by atoms with E-state index in [0.29, 0.717) is 5.92 Å². The van der Waals surface area contributed by atoms with Crippen LogP contribution in [0, 0.1) is 5.92 Å². The summed E-state index contributed by atoms with van der Waals surface area (Å²) in [6, 6.07) is 16.9. The maximum Gasteiger partial charge on any atom is 0.220 e. The molecule has 0 aliphatic rings. The molecule has 1 amide bonds. The van der Waals surface area contributed by atoms with Crippen molar-refractivity contribution in [2.45, 2.75) is 39.2 Å². The van der Waals surface area contributed by atoms with Crippen LogP contribution in [0.4, 0.5) is 0 Å². The van der Waals surface area contributed by atoms with Crippen LogP contribution in [0.1, 0.15) is 43.7 Å². The summed E-state index contributed by atoms with van der Waals surface area (Å²) in [5, 5.41) is 0. The van der Waals surface area contributed by atoms with Crippen LogP contribution < -0.4 is 10.3 Å². The van der Waals surface area contributed by atoms with Crippen LogP contribution in [-0.4, -0.2) is 10.9 Å². The molecule has 0 bridgehead atoms. The Hall–Kier alpha value is -3.01. The third kappa shape index (κ3) is 5.03. The van der Waals surface area contributed by atoms with Gasteiger partial charge in [-0.1, -0.05) is 38.1 Å². The van der Waals surface area contributed by atoms with Gasteiger partial charge in [-0.2, -0.15) is 0 Å². The molecule has 3 aromatic rings. The second kappa shape index (κ2) is 9.27. The quantitative estimate of drug-likeness (QED) is 0.604. The molecular weight excluding hydrogens is 346 g/mol. The van der Waals surface area contributed by atoms with Crippen molar-refractivity contribution in [2.24, 2.45) is 11.7 Å². The number of benzene rings is 1. The Morgan fingerprint density at radius 1 is 1.00 bits per heavy atom. The number of nitrogens with zero attached hydrogens (tertiary/aromatic N) is 2. The lowest BCUT2D eigenvalue weighted by Crippen LogP contribution is -2.33. The number of nitrogens with two attached hydrogens (primary N) is 1. The zero-order chi connectivity index (χ0) is 19.9. The van der Waals surface area contributed by atoms with Gasteiger partial charge in [0.1, 0.15) is 0 Å². The molecule has 144 valence electrons. The van der Waals surface area contributed by atoms with Crippen LogP contribution in [0.3, 0.4) is 0 Å². The average Bonchev–Trinajstić information content (AvgIpc) is 2.73. The van der Waals surface area contributed by atoms with Crippen LogP contribution in [0.15, 0.2) is 73.3 Å². The SMILES string of the molecule is CCC(CC(C)c1ccc(C[n+]2ccc(-c3ccncc3)cc2)cc1)C(N)=O. The van der Waals surface area contributed by atoms with E-state index in [0.717, 1.165) is 19.4 Å². The Kier molecular flexibility index (Phi) is 6.53. The molecule has 0 saturated heterocycles. The average molecular weight is 375 g/mol. The van der Waals surface area contributed by atoms with Gasteiger partial charge >= 0.3 is 0 Å². The molecule has 0 fully saturated rings. The standard InChI is InChI=1S/C24H27N3O/c1-3-20(24(25)28)16-18(2)21-6-4-19(5-7-21)17-27-14-10-23(11-15-27)22-8-12-26-13-9-22/h4-15,18,20H,3,16-17H2,1-2H3,(H-,25,28)/p+1. The molecule has 4 heteroatoms. The van der Waals surface area contributed by atoms with Crippen molar-refractivity contribution < 1.29 is 9.36 Å². The molecule has 0 radical (unpaired) electrons. The van der Waals surface area contributed by atoms with Crippen LogP contribution in [0.25, 0.3) is 11.1 Å². The molecule has 0 spiro atoms. The lowest BCUT2D eigenvalue weighted by Gasteiger charge is -2.17. The van der Waals surface area contributed by atoms with Crippen LogP contribution in [0.2, 0.25) is 0 Å². The summed E-state index contributed by atoms with van der Waals surface area (Å²) in [7, 11) is 0. The first-order valence-electron chi connectivity index (χ1n) is 9.84. The van der Waals surface area contributed by atoms with E-state index in [2.05, 4.69) is 65.3 Å². The van der Waals surface area contributed by atoms with Crippen molar-refractivity contribution in [3.8, 4) is 11.1 Å². The monoisotopic (exact) mass is 374 g/mol. The first-order valence-corrected chi connectivity index (χ1v) is 9.84. The number of primary amides is 1. The van der Waals surface area contributed by atoms with Gasteiger partial charge < -0.3 is 5.73 Å². The fraction of sp³-hybridized carbons (Fsp3) is 0.292. The lowest BCUT2D eigenvalue weighted by molar-refractivity contribution is -0.688. The van der Waals surface area contributed by atoms with Gasteiger partial charge in [-0.15, -0.1) is 0 Å². The van der Waals surface area contributed by atoms with Gasteiger partial charge in [-0.3, -0.25) is 9.78 Å². The summed E-state index contributed by atoms with van der Waals surface area (Å²) in [5.41, 5.74) is 10.3. The van der Waals surface area contributed by atoms with E-state index in [4.69, 9.17) is 5.73 Å². The summed E-state index contributed by atoms with van der Waals surface area (Å²) in [6.07, 6.45) is 9.42. The fourth-order valence-corrected chi connectivity index (χ4v) is 3.51. The van der Waals surface area contributed by atoms with Gasteiger partial charge in [0.2, 0.25) is 5.91 Å². The minimum Gasteiger partial charge on any atom is -0.369 e. The fourth-order valence-electron chi connectivity index (χ4n) is 3.51. The molecule has 0 saturated carbocycles. The van der Waals surface area contributed by atoms with Gasteiger partial charge in [0.05, 0.1) is 0 Å². The Balaban J connectivity index is 1.63. The molecule has 1 aromatic carbocycles. The number of aromatic nitrogens is 2. The highest BCUT2D eigenvalue weighted by molar-refractivity contribution is 5.76. The molecule has 2 unspecified atom stereocenters. The maximum absolute atomic E-state index is 11.5. The first-order chi connectivity index (χ1) is 13.6. The van der Waals surface area contributed by atoms with Gasteiger partial charge in [-0.05, 0) is 47.6 Å². The molecule has 0 aliphatic heterocycles. The van der Waals surface area contributed by atoms with Gasteiger partial charge in [0.25, 0.3) is 0 Å². The van der Waals surface area contributed by atoms with Crippen molar-refractivity contribution in [1.29, 1.82) is 0 Å². The Morgan fingerprint density at radius 3 is 2.18 bits per heavy atom. The predicted octanol–water partition coefficient (Wildman–Crippen LogP) is 4.09. The summed E-state index contributed by atoms with van der Waals surface area (Å²) in [4.78, 5) is 15.6. The minimum atomic E-state index is -0.197. The van der Waals surface area contributed by atoms with Gasteiger partial charge in [-0.25, -0.2) is 4.57 Å². The van der Waals surface area contributed by atoms with Gasteiger partial charge in [0.15, 0.2) is 18.9 Å². The second-order valence-corrected chi connectivity index (χ2v) is 7.38. The smallest absolute Gasteiger partial charge is 0.220 e. The third-order valence-electron chi connectivity index (χ3n) is 5.35. The number of amides is 1. The summed E-state index contributed by atoms with van der Waals surface area (Å²) < 4.78 is 2.17. The molecule has 3 rings (SSSR count). The van der Waals surface area contributed by atoms with Crippen LogP contribution >= 0.6 is 0 Å². The van der Waals surface area contributed by atoms with Gasteiger partial charge in [0, 0.05) is 36.0 Å². The van der Waals surface area contributed by atoms with Crippen molar-refractivity contribution in [3.63, 3.8) is 0 Å². The molecule has 2 aromatic heterocycles. The number of pyridine rings is 2. The van der Waals surface area contributed by atoms with E-state index in [9.17, 15) is 4.79 Å². The van der Waals surface area contributed by atoms with Crippen molar-refractivity contribution in [2.75, 3.05) is 0 Å². The predicted molar refractivity (Wildman–Crippen MR) is 111 cm³/mol. The third-order valence-corrected chi connectivity index (χ3v) is 5.35. The van der Waals surface area contributed by atoms with E-state index in [1.807, 2.05) is 31.5 Å². The Bertz CT molecular complexity index is 889. The second-order valence-electron chi connectivity index (χ2n) is 7.38. The molecule has 2 atom stereocenters. The number of rotatable bonds is 8. The summed E-state index contributed by atoms with van der Waals surface area (Å²) >= 11 is 0. The van der Waals surface area contributed by atoms with Crippen molar-refractivity contribution in [1.82, 2.24) is 4.98 Å². The largest absolute Gasteiger partial charge is 0.369 e. The Morgan fingerprint density at radius 2 is 1.61 bits per heavy atom. The molecule has 28 heavy (non-hydrogen) atoms. The van der Waals surface area contributed by atoms with E-state index in [1.165, 1.54) is 22.3 Å². The highest BCUT2D eigenvalue weighted by atomic mass is 16.1. The molecule has 4 nitrogen and oxygen atoms in total. The summed E-state index contributed by atoms with van der Waals surface area (Å²) in [6.45, 7) is 5.00. The minimum absolute atomic E-state index is 0.0517. The number of hydrogen-bond donors (Lipinski definition) is 1. The zero-order valence-corrected chi connectivity index (χ0v) is 16.6.